The van der Waals surface area contributed by atoms with Gasteiger partial charge in [-0.25, -0.2) is 4.39 Å². The third-order valence-corrected chi connectivity index (χ3v) is 3.56. The van der Waals surface area contributed by atoms with Gasteiger partial charge in [-0.15, -0.1) is 0 Å². The Morgan fingerprint density at radius 3 is 2.32 bits per heavy atom. The zero-order valence-corrected chi connectivity index (χ0v) is 11.8. The second kappa shape index (κ2) is 6.18. The summed E-state index contributed by atoms with van der Waals surface area (Å²) in [5.74, 6) is -0.308. The summed E-state index contributed by atoms with van der Waals surface area (Å²) in [7, 11) is 0. The largest absolute Gasteiger partial charge is 0.304 e. The number of hydrogen-bond donors (Lipinski definition) is 1. The zero-order valence-electron chi connectivity index (χ0n) is 11.0. The first kappa shape index (κ1) is 14.0. The maximum absolute atomic E-state index is 13.0. The normalized spacial score (nSPS) is 14.1. The van der Waals surface area contributed by atoms with Crippen molar-refractivity contribution >= 4 is 11.6 Å². The fraction of sp³-hybridized carbons (Fsp3) is 0.250. The molecule has 0 saturated heterocycles. The first-order valence-corrected chi connectivity index (χ1v) is 6.71. The van der Waals surface area contributed by atoms with E-state index in [1.807, 2.05) is 25.1 Å². The van der Waals surface area contributed by atoms with Crippen LogP contribution in [-0.4, -0.2) is 0 Å². The Bertz CT molecular complexity index is 542. The molecule has 0 saturated carbocycles. The van der Waals surface area contributed by atoms with Crippen molar-refractivity contribution < 1.29 is 4.39 Å². The van der Waals surface area contributed by atoms with Gasteiger partial charge in [0.15, 0.2) is 0 Å². The van der Waals surface area contributed by atoms with Crippen LogP contribution in [0.15, 0.2) is 48.5 Å². The van der Waals surface area contributed by atoms with Crippen molar-refractivity contribution in [2.24, 2.45) is 0 Å². The lowest BCUT2D eigenvalue weighted by Gasteiger charge is -2.21. The number of halogens is 2. The minimum absolute atomic E-state index is 0.0586. The summed E-state index contributed by atoms with van der Waals surface area (Å²) in [6.07, 6.45) is 0. The fourth-order valence-corrected chi connectivity index (χ4v) is 2.49. The summed E-state index contributed by atoms with van der Waals surface area (Å²) in [4.78, 5) is 0. The molecule has 2 aromatic carbocycles. The molecule has 0 fully saturated rings. The Labute approximate surface area is 118 Å². The molecule has 0 aliphatic carbocycles. The third kappa shape index (κ3) is 3.55. The standard InChI is InChI=1S/C16H17ClFN/c1-11(13-6-4-3-5-7-13)19-12(2)15-9-8-14(18)10-16(15)17/h3-12,19H,1-2H3/t11-,12?/m0/s1. The molecule has 0 bridgehead atoms. The molecule has 1 N–H and O–H groups in total. The van der Waals surface area contributed by atoms with Gasteiger partial charge in [-0.05, 0) is 37.1 Å². The highest BCUT2D eigenvalue weighted by atomic mass is 35.5. The van der Waals surface area contributed by atoms with Crippen molar-refractivity contribution in [3.05, 3.63) is 70.5 Å². The lowest BCUT2D eigenvalue weighted by molar-refractivity contribution is 0.494. The van der Waals surface area contributed by atoms with E-state index in [4.69, 9.17) is 11.6 Å². The van der Waals surface area contributed by atoms with Gasteiger partial charge in [0.2, 0.25) is 0 Å². The van der Waals surface area contributed by atoms with E-state index in [1.54, 1.807) is 6.07 Å². The molecule has 0 amide bonds. The van der Waals surface area contributed by atoms with Gasteiger partial charge >= 0.3 is 0 Å². The lowest BCUT2D eigenvalue weighted by Crippen LogP contribution is -2.22. The van der Waals surface area contributed by atoms with Gasteiger partial charge in [-0.2, -0.15) is 0 Å². The summed E-state index contributed by atoms with van der Waals surface area (Å²) in [5.41, 5.74) is 2.12. The average Bonchev–Trinajstić information content (AvgIpc) is 2.39. The van der Waals surface area contributed by atoms with E-state index in [0.717, 1.165) is 5.56 Å². The van der Waals surface area contributed by atoms with Crippen LogP contribution in [0.1, 0.15) is 37.1 Å². The molecular formula is C16H17ClFN. The van der Waals surface area contributed by atoms with Crippen molar-refractivity contribution in [2.45, 2.75) is 25.9 Å². The van der Waals surface area contributed by atoms with E-state index in [0.29, 0.717) is 5.02 Å². The fourth-order valence-electron chi connectivity index (χ4n) is 2.16. The van der Waals surface area contributed by atoms with Gasteiger partial charge in [0, 0.05) is 17.1 Å². The van der Waals surface area contributed by atoms with Gasteiger partial charge in [0.25, 0.3) is 0 Å². The molecule has 0 spiro atoms. The van der Waals surface area contributed by atoms with E-state index in [9.17, 15) is 4.39 Å². The number of rotatable bonds is 4. The van der Waals surface area contributed by atoms with Crippen LogP contribution in [0, 0.1) is 5.82 Å². The van der Waals surface area contributed by atoms with Crippen LogP contribution in [0.25, 0.3) is 0 Å². The van der Waals surface area contributed by atoms with Crippen molar-refractivity contribution in [2.75, 3.05) is 0 Å². The molecule has 1 nitrogen and oxygen atoms in total. The topological polar surface area (TPSA) is 12.0 Å². The van der Waals surface area contributed by atoms with E-state index in [-0.39, 0.29) is 17.9 Å². The van der Waals surface area contributed by atoms with Crippen molar-refractivity contribution in [3.8, 4) is 0 Å². The van der Waals surface area contributed by atoms with Gasteiger partial charge in [-0.1, -0.05) is 48.0 Å². The Morgan fingerprint density at radius 2 is 1.68 bits per heavy atom. The number of benzene rings is 2. The molecule has 2 atom stereocenters. The molecule has 3 heteroatoms. The smallest absolute Gasteiger partial charge is 0.124 e. The van der Waals surface area contributed by atoms with Crippen LogP contribution in [0.3, 0.4) is 0 Å². The molecule has 0 aliphatic rings. The Morgan fingerprint density at radius 1 is 1.00 bits per heavy atom. The first-order chi connectivity index (χ1) is 9.08. The molecule has 100 valence electrons. The maximum Gasteiger partial charge on any atom is 0.124 e. The minimum Gasteiger partial charge on any atom is -0.304 e. The minimum atomic E-state index is -0.308. The molecule has 2 aromatic rings. The molecular weight excluding hydrogens is 261 g/mol. The SMILES string of the molecule is CC(N[C@@H](C)c1ccccc1)c1ccc(F)cc1Cl. The molecule has 0 heterocycles. The predicted molar refractivity (Wildman–Crippen MR) is 77.8 cm³/mol. The van der Waals surface area contributed by atoms with E-state index in [2.05, 4.69) is 24.4 Å². The quantitative estimate of drug-likeness (QED) is 0.839. The molecule has 0 aliphatic heterocycles. The van der Waals surface area contributed by atoms with Gasteiger partial charge in [0.05, 0.1) is 0 Å². The molecule has 2 rings (SSSR count). The lowest BCUT2D eigenvalue weighted by atomic mass is 10.0. The number of nitrogens with one attached hydrogen (secondary N) is 1. The van der Waals surface area contributed by atoms with E-state index in [1.165, 1.54) is 17.7 Å². The summed E-state index contributed by atoms with van der Waals surface area (Å²) < 4.78 is 13.0. The molecule has 0 radical (unpaired) electrons. The van der Waals surface area contributed by atoms with Crippen LogP contribution in [0.4, 0.5) is 4.39 Å². The van der Waals surface area contributed by atoms with E-state index < -0.39 is 0 Å². The monoisotopic (exact) mass is 277 g/mol. The van der Waals surface area contributed by atoms with Crippen molar-refractivity contribution in [3.63, 3.8) is 0 Å². The Balaban J connectivity index is 2.10. The van der Waals surface area contributed by atoms with Crippen LogP contribution >= 0.6 is 11.6 Å². The van der Waals surface area contributed by atoms with E-state index >= 15 is 0 Å². The third-order valence-electron chi connectivity index (χ3n) is 3.23. The van der Waals surface area contributed by atoms with Gasteiger partial charge in [-0.3, -0.25) is 0 Å². The summed E-state index contributed by atoms with van der Waals surface area (Å²) in [6.45, 7) is 4.13. The second-order valence-electron chi connectivity index (χ2n) is 4.69. The zero-order chi connectivity index (χ0) is 13.8. The maximum atomic E-state index is 13.0. The molecule has 1 unspecified atom stereocenters. The Kier molecular flexibility index (Phi) is 4.56. The molecule has 19 heavy (non-hydrogen) atoms. The van der Waals surface area contributed by atoms with Crippen LogP contribution in [0.5, 0.6) is 0 Å². The van der Waals surface area contributed by atoms with Crippen LogP contribution < -0.4 is 5.32 Å². The highest BCUT2D eigenvalue weighted by Gasteiger charge is 2.13. The van der Waals surface area contributed by atoms with Crippen LogP contribution in [-0.2, 0) is 0 Å². The predicted octanol–water partition coefficient (Wildman–Crippen LogP) is 4.89. The summed E-state index contributed by atoms with van der Waals surface area (Å²) in [5, 5.41) is 3.92. The summed E-state index contributed by atoms with van der Waals surface area (Å²) in [6, 6.07) is 15.0. The highest BCUT2D eigenvalue weighted by molar-refractivity contribution is 6.31. The van der Waals surface area contributed by atoms with Gasteiger partial charge < -0.3 is 5.32 Å². The average molecular weight is 278 g/mol. The van der Waals surface area contributed by atoms with Crippen LogP contribution in [0.2, 0.25) is 5.02 Å². The highest BCUT2D eigenvalue weighted by Crippen LogP contribution is 2.26. The summed E-state index contributed by atoms with van der Waals surface area (Å²) >= 11 is 6.07. The van der Waals surface area contributed by atoms with Gasteiger partial charge in [0.1, 0.15) is 5.82 Å². The van der Waals surface area contributed by atoms with Crippen molar-refractivity contribution in [1.82, 2.24) is 5.32 Å². The first-order valence-electron chi connectivity index (χ1n) is 6.34. The Hall–Kier alpha value is -1.38. The number of hydrogen-bond acceptors (Lipinski definition) is 1. The van der Waals surface area contributed by atoms with Crippen molar-refractivity contribution in [1.29, 1.82) is 0 Å². The molecule has 0 aromatic heterocycles. The second-order valence-corrected chi connectivity index (χ2v) is 5.09.